The number of hydrogen-bond acceptors (Lipinski definition) is 5. The molecule has 2 N–H and O–H groups in total. The first kappa shape index (κ1) is 13.4. The van der Waals surface area contributed by atoms with Gasteiger partial charge in [0, 0.05) is 24.0 Å². The fourth-order valence-corrected chi connectivity index (χ4v) is 3.26. The Bertz CT molecular complexity index is 691. The van der Waals surface area contributed by atoms with Gasteiger partial charge in [0.15, 0.2) is 5.16 Å². The summed E-state index contributed by atoms with van der Waals surface area (Å²) in [6, 6.07) is 1.74. The quantitative estimate of drug-likeness (QED) is 0.680. The number of nitrogen functional groups attached to an aromatic ring is 1. The molecule has 0 bridgehead atoms. The molecule has 2 aromatic heterocycles. The van der Waals surface area contributed by atoms with Gasteiger partial charge in [-0.2, -0.15) is 0 Å². The molecule has 2 heterocycles. The summed E-state index contributed by atoms with van der Waals surface area (Å²) in [5.41, 5.74) is 7.04. The monoisotopic (exact) mass is 290 g/mol. The smallest absolute Gasteiger partial charge is 0.254 e. The lowest BCUT2D eigenvalue weighted by Crippen LogP contribution is -2.27. The van der Waals surface area contributed by atoms with Gasteiger partial charge < -0.3 is 5.73 Å². The van der Waals surface area contributed by atoms with Gasteiger partial charge in [-0.3, -0.25) is 9.36 Å². The Kier molecular flexibility index (Phi) is 3.65. The summed E-state index contributed by atoms with van der Waals surface area (Å²) in [6.45, 7) is 0. The van der Waals surface area contributed by atoms with Crippen LogP contribution in [0.1, 0.15) is 38.1 Å². The van der Waals surface area contributed by atoms with Crippen molar-refractivity contribution >= 4 is 28.5 Å². The molecule has 2 aromatic rings. The van der Waals surface area contributed by atoms with Crippen LogP contribution in [0.3, 0.4) is 0 Å². The van der Waals surface area contributed by atoms with E-state index in [2.05, 4.69) is 9.97 Å². The maximum atomic E-state index is 12.4. The molecule has 0 radical (unpaired) electrons. The lowest BCUT2D eigenvalue weighted by Gasteiger charge is -2.25. The molecule has 1 aliphatic rings. The Labute approximate surface area is 121 Å². The van der Waals surface area contributed by atoms with Crippen LogP contribution in [0.15, 0.2) is 22.2 Å². The SMILES string of the molecule is CSc1ncc2c(N)cc(=O)n(C3CCCCC3)c2n1. The average molecular weight is 290 g/mol. The van der Waals surface area contributed by atoms with Crippen LogP contribution in [-0.4, -0.2) is 20.8 Å². The molecular weight excluding hydrogens is 272 g/mol. The molecule has 1 fully saturated rings. The molecule has 20 heavy (non-hydrogen) atoms. The van der Waals surface area contributed by atoms with Crippen molar-refractivity contribution in [1.82, 2.24) is 14.5 Å². The summed E-state index contributed by atoms with van der Waals surface area (Å²) >= 11 is 1.47. The van der Waals surface area contributed by atoms with Crippen LogP contribution in [0.2, 0.25) is 0 Å². The molecule has 6 heteroatoms. The van der Waals surface area contributed by atoms with Gasteiger partial charge in [-0.05, 0) is 19.1 Å². The van der Waals surface area contributed by atoms with Crippen molar-refractivity contribution in [3.05, 3.63) is 22.6 Å². The largest absolute Gasteiger partial charge is 0.398 e. The van der Waals surface area contributed by atoms with E-state index >= 15 is 0 Å². The highest BCUT2D eigenvalue weighted by Gasteiger charge is 2.20. The molecule has 3 rings (SSSR count). The van der Waals surface area contributed by atoms with Crippen LogP contribution in [-0.2, 0) is 0 Å². The number of hydrogen-bond donors (Lipinski definition) is 1. The molecule has 0 amide bonds. The molecule has 0 saturated heterocycles. The summed E-state index contributed by atoms with van der Waals surface area (Å²) < 4.78 is 1.83. The molecule has 106 valence electrons. The van der Waals surface area contributed by atoms with Crippen LogP contribution in [0.4, 0.5) is 5.69 Å². The van der Waals surface area contributed by atoms with E-state index in [0.29, 0.717) is 16.5 Å². The molecule has 0 aliphatic heterocycles. The van der Waals surface area contributed by atoms with E-state index in [-0.39, 0.29) is 11.6 Å². The molecule has 0 spiro atoms. The van der Waals surface area contributed by atoms with Gasteiger partial charge in [-0.15, -0.1) is 0 Å². The number of nitrogens with two attached hydrogens (primary N) is 1. The zero-order valence-electron chi connectivity index (χ0n) is 11.5. The van der Waals surface area contributed by atoms with Gasteiger partial charge >= 0.3 is 0 Å². The van der Waals surface area contributed by atoms with Gasteiger partial charge in [-0.1, -0.05) is 31.0 Å². The van der Waals surface area contributed by atoms with E-state index < -0.39 is 0 Å². The topological polar surface area (TPSA) is 73.8 Å². The standard InChI is InChI=1S/C14H18N4OS/c1-20-14-16-8-10-11(15)7-12(19)18(13(10)17-14)9-5-3-2-4-6-9/h7-9H,2-6,15H2,1H3. The van der Waals surface area contributed by atoms with Crippen LogP contribution < -0.4 is 11.3 Å². The third-order valence-electron chi connectivity index (χ3n) is 3.92. The highest BCUT2D eigenvalue weighted by Crippen LogP contribution is 2.30. The van der Waals surface area contributed by atoms with E-state index in [0.717, 1.165) is 18.2 Å². The molecule has 5 nitrogen and oxygen atoms in total. The van der Waals surface area contributed by atoms with Crippen LogP contribution in [0, 0.1) is 0 Å². The van der Waals surface area contributed by atoms with E-state index in [1.54, 1.807) is 6.20 Å². The zero-order chi connectivity index (χ0) is 14.1. The summed E-state index contributed by atoms with van der Waals surface area (Å²) in [5.74, 6) is 0. The third kappa shape index (κ3) is 2.28. The van der Waals surface area contributed by atoms with E-state index in [4.69, 9.17) is 5.73 Å². The van der Waals surface area contributed by atoms with Gasteiger partial charge in [0.2, 0.25) is 0 Å². The Balaban J connectivity index is 2.25. The number of nitrogens with zero attached hydrogens (tertiary/aromatic N) is 3. The van der Waals surface area contributed by atoms with Crippen molar-refractivity contribution in [3.8, 4) is 0 Å². The second-order valence-corrected chi connectivity index (χ2v) is 5.97. The van der Waals surface area contributed by atoms with E-state index in [9.17, 15) is 4.79 Å². The number of aromatic nitrogens is 3. The van der Waals surface area contributed by atoms with Crippen molar-refractivity contribution in [3.63, 3.8) is 0 Å². The first-order valence-corrected chi connectivity index (χ1v) is 8.15. The number of anilines is 1. The van der Waals surface area contributed by atoms with Gasteiger partial charge in [0.25, 0.3) is 5.56 Å². The predicted octanol–water partition coefficient (Wildman–Crippen LogP) is 2.60. The van der Waals surface area contributed by atoms with Gasteiger partial charge in [0.05, 0.1) is 5.39 Å². The number of pyridine rings is 1. The third-order valence-corrected chi connectivity index (χ3v) is 4.49. The Morgan fingerprint density at radius 2 is 2.10 bits per heavy atom. The lowest BCUT2D eigenvalue weighted by atomic mass is 9.95. The number of thioether (sulfide) groups is 1. The van der Waals surface area contributed by atoms with E-state index in [1.165, 1.54) is 37.1 Å². The highest BCUT2D eigenvalue weighted by atomic mass is 32.2. The fraction of sp³-hybridized carbons (Fsp3) is 0.500. The summed E-state index contributed by atoms with van der Waals surface area (Å²) in [6.07, 6.45) is 9.32. The minimum absolute atomic E-state index is 0.0485. The maximum absolute atomic E-state index is 12.4. The minimum atomic E-state index is -0.0485. The molecule has 0 unspecified atom stereocenters. The highest BCUT2D eigenvalue weighted by molar-refractivity contribution is 7.98. The van der Waals surface area contributed by atoms with Gasteiger partial charge in [-0.25, -0.2) is 9.97 Å². The lowest BCUT2D eigenvalue weighted by molar-refractivity contribution is 0.352. The fourth-order valence-electron chi connectivity index (χ4n) is 2.92. The summed E-state index contributed by atoms with van der Waals surface area (Å²) in [4.78, 5) is 21.2. The predicted molar refractivity (Wildman–Crippen MR) is 82.1 cm³/mol. The van der Waals surface area contributed by atoms with E-state index in [1.807, 2.05) is 10.8 Å². The van der Waals surface area contributed by atoms with Crippen molar-refractivity contribution in [1.29, 1.82) is 0 Å². The minimum Gasteiger partial charge on any atom is -0.398 e. The Morgan fingerprint density at radius 1 is 1.35 bits per heavy atom. The first-order chi connectivity index (χ1) is 9.70. The first-order valence-electron chi connectivity index (χ1n) is 6.92. The van der Waals surface area contributed by atoms with Gasteiger partial charge in [0.1, 0.15) is 5.65 Å². The second-order valence-electron chi connectivity index (χ2n) is 5.19. The van der Waals surface area contributed by atoms with Crippen LogP contribution in [0.5, 0.6) is 0 Å². The molecule has 0 aromatic carbocycles. The maximum Gasteiger partial charge on any atom is 0.254 e. The molecule has 1 aliphatic carbocycles. The normalized spacial score (nSPS) is 16.6. The van der Waals surface area contributed by atoms with Crippen molar-refractivity contribution in [2.24, 2.45) is 0 Å². The average Bonchev–Trinajstić information content (AvgIpc) is 2.47. The van der Waals surface area contributed by atoms with Crippen molar-refractivity contribution < 1.29 is 0 Å². The van der Waals surface area contributed by atoms with Crippen LogP contribution >= 0.6 is 11.8 Å². The summed E-state index contributed by atoms with van der Waals surface area (Å²) in [7, 11) is 0. The van der Waals surface area contributed by atoms with Crippen molar-refractivity contribution in [2.75, 3.05) is 12.0 Å². The number of rotatable bonds is 2. The Morgan fingerprint density at radius 3 is 2.80 bits per heavy atom. The molecular formula is C14H18N4OS. The van der Waals surface area contributed by atoms with Crippen molar-refractivity contribution in [2.45, 2.75) is 43.3 Å². The number of fused-ring (bicyclic) bond motifs is 1. The second kappa shape index (κ2) is 5.44. The molecule has 0 atom stereocenters. The zero-order valence-corrected chi connectivity index (χ0v) is 12.3. The molecule has 1 saturated carbocycles. The summed E-state index contributed by atoms with van der Waals surface area (Å²) in [5, 5.41) is 1.44. The Hall–Kier alpha value is -1.56. The van der Waals surface area contributed by atoms with Crippen LogP contribution in [0.25, 0.3) is 11.0 Å².